The van der Waals surface area contributed by atoms with Gasteiger partial charge in [-0.3, -0.25) is 4.72 Å². The van der Waals surface area contributed by atoms with Gasteiger partial charge in [0.15, 0.2) is 16.6 Å². The van der Waals surface area contributed by atoms with Crippen LogP contribution < -0.4 is 14.2 Å². The zero-order chi connectivity index (χ0) is 17.2. The van der Waals surface area contributed by atoms with Crippen LogP contribution in [0, 0.1) is 6.92 Å². The Morgan fingerprint density at radius 3 is 2.43 bits per heavy atom. The average molecular weight is 358 g/mol. The van der Waals surface area contributed by atoms with Crippen LogP contribution in [0.2, 0.25) is 0 Å². The maximum Gasteiger partial charge on any atom is 0.347 e. The Balaban J connectivity index is 2.35. The molecule has 2 N–H and O–H groups in total. The molecule has 1 aromatic heterocycles. The van der Waals surface area contributed by atoms with Crippen molar-refractivity contribution in [3.05, 3.63) is 28.8 Å². The molecule has 0 saturated heterocycles. The second-order valence-electron chi connectivity index (χ2n) is 4.36. The highest BCUT2D eigenvalue weighted by Gasteiger charge is 2.21. The van der Waals surface area contributed by atoms with Crippen LogP contribution in [0.5, 0.6) is 11.5 Å². The minimum atomic E-state index is -3.93. The SMILES string of the molecule is COc1ccc(S(=O)(=O)Nc2nc(C)c(C(=O)O)s2)cc1OC. The van der Waals surface area contributed by atoms with Gasteiger partial charge in [0.1, 0.15) is 4.88 Å². The number of sulfonamides is 1. The van der Waals surface area contributed by atoms with Gasteiger partial charge < -0.3 is 14.6 Å². The lowest BCUT2D eigenvalue weighted by molar-refractivity contribution is 0.0701. The number of hydrogen-bond donors (Lipinski definition) is 2. The third-order valence-electron chi connectivity index (χ3n) is 2.88. The molecule has 0 fully saturated rings. The number of anilines is 1. The number of aromatic nitrogens is 1. The van der Waals surface area contributed by atoms with Crippen molar-refractivity contribution in [3.8, 4) is 11.5 Å². The first-order chi connectivity index (χ1) is 10.8. The second-order valence-corrected chi connectivity index (χ2v) is 7.04. The number of aromatic carboxylic acids is 1. The zero-order valence-corrected chi connectivity index (χ0v) is 14.1. The molecule has 0 unspecified atom stereocenters. The van der Waals surface area contributed by atoms with Crippen LogP contribution in [0.4, 0.5) is 5.13 Å². The van der Waals surface area contributed by atoms with Crippen molar-refractivity contribution in [2.75, 3.05) is 18.9 Å². The van der Waals surface area contributed by atoms with Gasteiger partial charge in [0.2, 0.25) is 0 Å². The molecule has 0 amide bonds. The molecule has 0 saturated carbocycles. The van der Waals surface area contributed by atoms with E-state index < -0.39 is 16.0 Å². The van der Waals surface area contributed by atoms with Gasteiger partial charge in [-0.15, -0.1) is 0 Å². The molecule has 0 bridgehead atoms. The molecule has 0 spiro atoms. The van der Waals surface area contributed by atoms with Crippen molar-refractivity contribution >= 4 is 32.5 Å². The fraction of sp³-hybridized carbons (Fsp3) is 0.231. The molecule has 0 aliphatic rings. The van der Waals surface area contributed by atoms with E-state index in [9.17, 15) is 13.2 Å². The number of carboxylic acids is 1. The van der Waals surface area contributed by atoms with Crippen molar-refractivity contribution < 1.29 is 27.8 Å². The van der Waals surface area contributed by atoms with E-state index >= 15 is 0 Å². The maximum absolute atomic E-state index is 12.4. The Hall–Kier alpha value is -2.33. The number of carboxylic acid groups (broad SMARTS) is 1. The Bertz CT molecular complexity index is 844. The molecule has 23 heavy (non-hydrogen) atoms. The van der Waals surface area contributed by atoms with Gasteiger partial charge in [0, 0.05) is 6.07 Å². The summed E-state index contributed by atoms with van der Waals surface area (Å²) in [5.74, 6) is -0.502. The highest BCUT2D eigenvalue weighted by Crippen LogP contribution is 2.31. The number of nitrogens with one attached hydrogen (secondary N) is 1. The van der Waals surface area contributed by atoms with Crippen molar-refractivity contribution in [2.45, 2.75) is 11.8 Å². The van der Waals surface area contributed by atoms with Crippen LogP contribution in [-0.4, -0.2) is 38.7 Å². The van der Waals surface area contributed by atoms with E-state index in [0.29, 0.717) is 5.75 Å². The summed E-state index contributed by atoms with van der Waals surface area (Å²) in [5, 5.41) is 8.96. The van der Waals surface area contributed by atoms with Crippen molar-refractivity contribution in [1.82, 2.24) is 4.98 Å². The van der Waals surface area contributed by atoms with E-state index in [0.717, 1.165) is 11.3 Å². The molecule has 8 nitrogen and oxygen atoms in total. The van der Waals surface area contributed by atoms with Crippen molar-refractivity contribution in [2.24, 2.45) is 0 Å². The summed E-state index contributed by atoms with van der Waals surface area (Å²) in [6.07, 6.45) is 0. The van der Waals surface area contributed by atoms with Crippen LogP contribution in [0.15, 0.2) is 23.1 Å². The average Bonchev–Trinajstić information content (AvgIpc) is 2.86. The topological polar surface area (TPSA) is 115 Å². The maximum atomic E-state index is 12.4. The minimum absolute atomic E-state index is 0.0185. The standard InChI is InChI=1S/C13H14N2O6S2/c1-7-11(12(16)17)22-13(14-7)15-23(18,19)8-4-5-9(20-2)10(6-8)21-3/h4-6H,1-3H3,(H,14,15)(H,16,17). The predicted octanol–water partition coefficient (Wildman–Crippen LogP) is 1.97. The number of carbonyl (C=O) groups is 1. The Morgan fingerprint density at radius 1 is 1.26 bits per heavy atom. The molecular weight excluding hydrogens is 344 g/mol. The first kappa shape index (κ1) is 17.0. The highest BCUT2D eigenvalue weighted by atomic mass is 32.2. The molecule has 0 aliphatic carbocycles. The molecule has 0 radical (unpaired) electrons. The first-order valence-corrected chi connectivity index (χ1v) is 8.54. The summed E-state index contributed by atoms with van der Waals surface area (Å²) in [4.78, 5) is 14.8. The van der Waals surface area contributed by atoms with E-state index in [1.54, 1.807) is 0 Å². The lowest BCUT2D eigenvalue weighted by Gasteiger charge is -2.10. The lowest BCUT2D eigenvalue weighted by atomic mass is 10.3. The van der Waals surface area contributed by atoms with E-state index in [2.05, 4.69) is 9.71 Å². The molecule has 10 heteroatoms. The summed E-state index contributed by atoms with van der Waals surface area (Å²) in [7, 11) is -1.10. The Morgan fingerprint density at radius 2 is 1.91 bits per heavy atom. The minimum Gasteiger partial charge on any atom is -0.493 e. The van der Waals surface area contributed by atoms with E-state index in [1.807, 2.05) is 0 Å². The third-order valence-corrected chi connectivity index (χ3v) is 5.40. The van der Waals surface area contributed by atoms with Crippen LogP contribution in [0.25, 0.3) is 0 Å². The Labute approximate surface area is 136 Å². The third kappa shape index (κ3) is 3.54. The predicted molar refractivity (Wildman–Crippen MR) is 84.2 cm³/mol. The highest BCUT2D eigenvalue weighted by molar-refractivity contribution is 7.93. The van der Waals surface area contributed by atoms with E-state index in [4.69, 9.17) is 14.6 Å². The lowest BCUT2D eigenvalue weighted by Crippen LogP contribution is -2.13. The second kappa shape index (κ2) is 6.42. The summed E-state index contributed by atoms with van der Waals surface area (Å²) >= 11 is 0.750. The van der Waals surface area contributed by atoms with Gasteiger partial charge in [0.05, 0.1) is 24.8 Å². The summed E-state index contributed by atoms with van der Waals surface area (Å²) in [6, 6.07) is 4.12. The molecule has 1 aromatic carbocycles. The molecular formula is C13H14N2O6S2. The Kier molecular flexibility index (Phi) is 4.76. The fourth-order valence-electron chi connectivity index (χ4n) is 1.80. The molecule has 2 aromatic rings. The normalized spacial score (nSPS) is 11.1. The van der Waals surface area contributed by atoms with Crippen molar-refractivity contribution in [1.29, 1.82) is 0 Å². The van der Waals surface area contributed by atoms with Crippen LogP contribution in [-0.2, 0) is 10.0 Å². The van der Waals surface area contributed by atoms with Crippen LogP contribution in [0.1, 0.15) is 15.4 Å². The van der Waals surface area contributed by atoms with E-state index in [1.165, 1.54) is 39.3 Å². The number of benzene rings is 1. The van der Waals surface area contributed by atoms with Gasteiger partial charge in [-0.2, -0.15) is 0 Å². The summed E-state index contributed by atoms with van der Waals surface area (Å²) in [6.45, 7) is 1.49. The first-order valence-electron chi connectivity index (χ1n) is 6.24. The van der Waals surface area contributed by atoms with Crippen molar-refractivity contribution in [3.63, 3.8) is 0 Å². The van der Waals surface area contributed by atoms with Crippen LogP contribution >= 0.6 is 11.3 Å². The number of thiazole rings is 1. The number of nitrogens with zero attached hydrogens (tertiary/aromatic N) is 1. The smallest absolute Gasteiger partial charge is 0.347 e. The summed E-state index contributed by atoms with van der Waals surface area (Å²) in [5.41, 5.74) is 0.243. The van der Waals surface area contributed by atoms with Gasteiger partial charge in [-0.1, -0.05) is 11.3 Å². The monoisotopic (exact) mass is 358 g/mol. The number of rotatable bonds is 6. The zero-order valence-electron chi connectivity index (χ0n) is 12.5. The van der Waals surface area contributed by atoms with Gasteiger partial charge in [0.25, 0.3) is 10.0 Å². The number of ether oxygens (including phenoxy) is 2. The summed E-state index contributed by atoms with van der Waals surface area (Å²) < 4.78 is 37.1. The van der Waals surface area contributed by atoms with Gasteiger partial charge in [-0.05, 0) is 19.1 Å². The molecule has 1 heterocycles. The number of hydrogen-bond acceptors (Lipinski definition) is 7. The van der Waals surface area contributed by atoms with Gasteiger partial charge in [-0.25, -0.2) is 18.2 Å². The number of aryl methyl sites for hydroxylation is 1. The van der Waals surface area contributed by atoms with E-state index in [-0.39, 0.29) is 26.3 Å². The van der Waals surface area contributed by atoms with Gasteiger partial charge >= 0.3 is 5.97 Å². The molecule has 124 valence electrons. The molecule has 0 atom stereocenters. The molecule has 0 aliphatic heterocycles. The van der Waals surface area contributed by atoms with Crippen LogP contribution in [0.3, 0.4) is 0 Å². The fourth-order valence-corrected chi connectivity index (χ4v) is 3.85. The number of methoxy groups -OCH3 is 2. The quantitative estimate of drug-likeness (QED) is 0.811. The largest absolute Gasteiger partial charge is 0.493 e. The molecule has 2 rings (SSSR count).